The Bertz CT molecular complexity index is 801. The Labute approximate surface area is 147 Å². The number of hydrogen-bond acceptors (Lipinski definition) is 4. The molecule has 0 aromatic heterocycles. The van der Waals surface area contributed by atoms with Crippen molar-refractivity contribution in [1.29, 1.82) is 0 Å². The van der Waals surface area contributed by atoms with Crippen molar-refractivity contribution < 1.29 is 14.6 Å². The van der Waals surface area contributed by atoms with Crippen LogP contribution in [0.1, 0.15) is 11.1 Å². The normalized spacial score (nSPS) is 10.3. The quantitative estimate of drug-likeness (QED) is 0.667. The molecule has 2 N–H and O–H groups in total. The number of methoxy groups -OCH3 is 1. The van der Waals surface area contributed by atoms with Gasteiger partial charge in [-0.2, -0.15) is 0 Å². The van der Waals surface area contributed by atoms with Crippen molar-refractivity contribution in [1.82, 2.24) is 0 Å². The average Bonchev–Trinajstić information content (AvgIpc) is 2.68. The van der Waals surface area contributed by atoms with Gasteiger partial charge in [0.25, 0.3) is 0 Å². The fourth-order valence-electron chi connectivity index (χ4n) is 2.48. The van der Waals surface area contributed by atoms with Crippen molar-refractivity contribution in [2.75, 3.05) is 12.4 Å². The van der Waals surface area contributed by atoms with E-state index in [1.807, 2.05) is 72.8 Å². The third-order valence-electron chi connectivity index (χ3n) is 3.86. The molecule has 0 heterocycles. The number of rotatable bonds is 7. The minimum atomic E-state index is -0.0577. The SMILES string of the molecule is COc1ccc(Nc2ccc(OCc3ccccc3)cc2)c(CO)c1. The van der Waals surface area contributed by atoms with Crippen molar-refractivity contribution in [3.8, 4) is 11.5 Å². The summed E-state index contributed by atoms with van der Waals surface area (Å²) in [6.45, 7) is 0.485. The van der Waals surface area contributed by atoms with Gasteiger partial charge in [-0.1, -0.05) is 30.3 Å². The van der Waals surface area contributed by atoms with E-state index in [-0.39, 0.29) is 6.61 Å². The predicted octanol–water partition coefficient (Wildman–Crippen LogP) is 4.51. The summed E-state index contributed by atoms with van der Waals surface area (Å²) >= 11 is 0. The maximum atomic E-state index is 9.52. The Morgan fingerprint density at radius 2 is 1.60 bits per heavy atom. The minimum absolute atomic E-state index is 0.0577. The highest BCUT2D eigenvalue weighted by Gasteiger charge is 2.05. The molecular formula is C21H21NO3. The van der Waals surface area contributed by atoms with E-state index in [0.29, 0.717) is 6.61 Å². The van der Waals surface area contributed by atoms with Gasteiger partial charge in [0.2, 0.25) is 0 Å². The van der Waals surface area contributed by atoms with Crippen molar-refractivity contribution in [2.45, 2.75) is 13.2 Å². The van der Waals surface area contributed by atoms with Gasteiger partial charge in [-0.15, -0.1) is 0 Å². The number of benzene rings is 3. The number of ether oxygens (including phenoxy) is 2. The van der Waals surface area contributed by atoms with E-state index in [0.717, 1.165) is 34.0 Å². The first-order valence-electron chi connectivity index (χ1n) is 8.10. The van der Waals surface area contributed by atoms with Crippen LogP contribution in [0.4, 0.5) is 11.4 Å². The molecule has 0 aliphatic heterocycles. The van der Waals surface area contributed by atoms with Crippen molar-refractivity contribution in [3.05, 3.63) is 83.9 Å². The molecule has 0 saturated heterocycles. The zero-order valence-electron chi connectivity index (χ0n) is 14.1. The van der Waals surface area contributed by atoms with Crippen molar-refractivity contribution >= 4 is 11.4 Å². The zero-order chi connectivity index (χ0) is 17.5. The third kappa shape index (κ3) is 4.52. The van der Waals surface area contributed by atoms with Crippen LogP contribution in [0.3, 0.4) is 0 Å². The molecule has 0 fully saturated rings. The zero-order valence-corrected chi connectivity index (χ0v) is 14.1. The monoisotopic (exact) mass is 335 g/mol. The Balaban J connectivity index is 1.64. The van der Waals surface area contributed by atoms with Crippen LogP contribution in [0, 0.1) is 0 Å². The highest BCUT2D eigenvalue weighted by molar-refractivity contribution is 5.64. The number of aliphatic hydroxyl groups excluding tert-OH is 1. The summed E-state index contributed by atoms with van der Waals surface area (Å²) in [6, 6.07) is 23.4. The van der Waals surface area contributed by atoms with Crippen LogP contribution in [-0.4, -0.2) is 12.2 Å². The second kappa shape index (κ2) is 8.22. The summed E-state index contributed by atoms with van der Waals surface area (Å²) in [5.41, 5.74) is 3.69. The van der Waals surface area contributed by atoms with Gasteiger partial charge in [0.05, 0.1) is 13.7 Å². The van der Waals surface area contributed by atoms with Crippen molar-refractivity contribution in [2.24, 2.45) is 0 Å². The molecule has 0 saturated carbocycles. The molecule has 4 heteroatoms. The molecule has 0 bridgehead atoms. The summed E-state index contributed by atoms with van der Waals surface area (Å²) in [5, 5.41) is 12.8. The molecule has 3 rings (SSSR count). The fraction of sp³-hybridized carbons (Fsp3) is 0.143. The molecule has 25 heavy (non-hydrogen) atoms. The first-order chi connectivity index (χ1) is 12.3. The number of aliphatic hydroxyl groups is 1. The minimum Gasteiger partial charge on any atom is -0.497 e. The molecule has 3 aromatic carbocycles. The van der Waals surface area contributed by atoms with Crippen LogP contribution in [0.15, 0.2) is 72.8 Å². The lowest BCUT2D eigenvalue weighted by atomic mass is 10.1. The second-order valence-corrected chi connectivity index (χ2v) is 5.60. The van der Waals surface area contributed by atoms with E-state index in [4.69, 9.17) is 9.47 Å². The van der Waals surface area contributed by atoms with Gasteiger partial charge >= 0.3 is 0 Å². The number of nitrogens with one attached hydrogen (secondary N) is 1. The van der Waals surface area contributed by atoms with Crippen LogP contribution in [0.2, 0.25) is 0 Å². The van der Waals surface area contributed by atoms with Gasteiger partial charge in [0.1, 0.15) is 18.1 Å². The lowest BCUT2D eigenvalue weighted by Crippen LogP contribution is -1.98. The summed E-state index contributed by atoms with van der Waals surface area (Å²) in [7, 11) is 1.61. The second-order valence-electron chi connectivity index (χ2n) is 5.60. The number of hydrogen-bond donors (Lipinski definition) is 2. The van der Waals surface area contributed by atoms with E-state index in [9.17, 15) is 5.11 Å². The first kappa shape index (κ1) is 16.9. The van der Waals surface area contributed by atoms with Crippen LogP contribution in [0.5, 0.6) is 11.5 Å². The van der Waals surface area contributed by atoms with E-state index in [1.54, 1.807) is 7.11 Å². The summed E-state index contributed by atoms with van der Waals surface area (Å²) < 4.78 is 11.0. The van der Waals surface area contributed by atoms with Crippen LogP contribution >= 0.6 is 0 Å². The summed E-state index contributed by atoms with van der Waals surface area (Å²) in [5.74, 6) is 1.53. The maximum Gasteiger partial charge on any atom is 0.119 e. The highest BCUT2D eigenvalue weighted by Crippen LogP contribution is 2.26. The van der Waals surface area contributed by atoms with Crippen LogP contribution in [-0.2, 0) is 13.2 Å². The van der Waals surface area contributed by atoms with Gasteiger partial charge in [-0.05, 0) is 48.0 Å². The topological polar surface area (TPSA) is 50.7 Å². The van der Waals surface area contributed by atoms with E-state index in [2.05, 4.69) is 5.32 Å². The lowest BCUT2D eigenvalue weighted by molar-refractivity contribution is 0.281. The summed E-state index contributed by atoms with van der Waals surface area (Å²) in [4.78, 5) is 0. The predicted molar refractivity (Wildman–Crippen MR) is 99.4 cm³/mol. The van der Waals surface area contributed by atoms with E-state index < -0.39 is 0 Å². The van der Waals surface area contributed by atoms with Gasteiger partial charge in [-0.3, -0.25) is 0 Å². The standard InChI is InChI=1S/C21H21NO3/c1-24-20-11-12-21(17(13-20)14-23)22-18-7-9-19(10-8-18)25-15-16-5-3-2-4-6-16/h2-13,22-23H,14-15H2,1H3. The first-order valence-corrected chi connectivity index (χ1v) is 8.10. The number of anilines is 2. The van der Waals surface area contributed by atoms with E-state index in [1.165, 1.54) is 0 Å². The largest absolute Gasteiger partial charge is 0.497 e. The Kier molecular flexibility index (Phi) is 5.54. The molecule has 0 unspecified atom stereocenters. The Morgan fingerprint density at radius 1 is 0.880 bits per heavy atom. The lowest BCUT2D eigenvalue weighted by Gasteiger charge is -2.13. The fourth-order valence-corrected chi connectivity index (χ4v) is 2.48. The van der Waals surface area contributed by atoms with Crippen LogP contribution < -0.4 is 14.8 Å². The summed E-state index contributed by atoms with van der Waals surface area (Å²) in [6.07, 6.45) is 0. The van der Waals surface area contributed by atoms with Crippen molar-refractivity contribution in [3.63, 3.8) is 0 Å². The molecule has 0 spiro atoms. The molecule has 0 atom stereocenters. The highest BCUT2D eigenvalue weighted by atomic mass is 16.5. The third-order valence-corrected chi connectivity index (χ3v) is 3.86. The van der Waals surface area contributed by atoms with Gasteiger partial charge < -0.3 is 19.9 Å². The maximum absolute atomic E-state index is 9.52. The molecular weight excluding hydrogens is 314 g/mol. The van der Waals surface area contributed by atoms with E-state index >= 15 is 0 Å². The molecule has 128 valence electrons. The van der Waals surface area contributed by atoms with Crippen LogP contribution in [0.25, 0.3) is 0 Å². The smallest absolute Gasteiger partial charge is 0.119 e. The Hall–Kier alpha value is -2.98. The van der Waals surface area contributed by atoms with Gasteiger partial charge in [0.15, 0.2) is 0 Å². The molecule has 0 aliphatic carbocycles. The van der Waals surface area contributed by atoms with Gasteiger partial charge in [0, 0.05) is 16.9 Å². The molecule has 3 aromatic rings. The molecule has 4 nitrogen and oxygen atoms in total. The molecule has 0 aliphatic rings. The van der Waals surface area contributed by atoms with Gasteiger partial charge in [-0.25, -0.2) is 0 Å². The Morgan fingerprint density at radius 3 is 2.28 bits per heavy atom. The molecule has 0 radical (unpaired) electrons. The average molecular weight is 335 g/mol. The molecule has 0 amide bonds.